The molecule has 1 atom stereocenters. The van der Waals surface area contributed by atoms with Crippen molar-refractivity contribution >= 4 is 0 Å². The number of nitriles is 1. The third kappa shape index (κ3) is 6.11. The molecule has 0 aromatic heterocycles. The number of benzene rings is 2. The molecule has 0 spiro atoms. The third-order valence-electron chi connectivity index (χ3n) is 3.34. The number of hydrogen-bond donors (Lipinski definition) is 1. The molecule has 0 aliphatic carbocycles. The fraction of sp³-hybridized carbons (Fsp3) is 0.316. The van der Waals surface area contributed by atoms with Crippen LogP contribution in [0, 0.1) is 11.3 Å². The average Bonchev–Trinajstić information content (AvgIpc) is 2.59. The molecule has 1 unspecified atom stereocenters. The maximum absolute atomic E-state index is 9.80. The van der Waals surface area contributed by atoms with E-state index in [0.29, 0.717) is 31.1 Å². The number of hydrogen-bond acceptors (Lipinski definition) is 4. The number of ether oxygens (including phenoxy) is 2. The highest BCUT2D eigenvalue weighted by Crippen LogP contribution is 2.21. The van der Waals surface area contributed by atoms with Crippen LogP contribution in [0.25, 0.3) is 0 Å². The highest BCUT2D eigenvalue weighted by molar-refractivity contribution is 5.30. The van der Waals surface area contributed by atoms with Gasteiger partial charge >= 0.3 is 0 Å². The standard InChI is InChI=1S/C19H21NO3/c20-11-10-19(21)17-8-4-9-18(14-17)23-13-5-12-22-15-16-6-2-1-3-7-16/h1-4,6-9,14,19,21H,5,10,12-13,15H2. The Morgan fingerprint density at radius 1 is 1.04 bits per heavy atom. The van der Waals surface area contributed by atoms with Crippen LogP contribution in [0.4, 0.5) is 0 Å². The summed E-state index contributed by atoms with van der Waals surface area (Å²) in [6.45, 7) is 1.79. The van der Waals surface area contributed by atoms with Crippen molar-refractivity contribution in [3.63, 3.8) is 0 Å². The van der Waals surface area contributed by atoms with Crippen molar-refractivity contribution in [2.75, 3.05) is 13.2 Å². The number of aliphatic hydroxyl groups excluding tert-OH is 1. The van der Waals surface area contributed by atoms with E-state index in [0.717, 1.165) is 12.0 Å². The SMILES string of the molecule is N#CCC(O)c1cccc(OCCCOCc2ccccc2)c1. The van der Waals surface area contributed by atoms with Crippen LogP contribution < -0.4 is 4.74 Å². The first-order valence-corrected chi connectivity index (χ1v) is 7.69. The molecular formula is C19H21NO3. The van der Waals surface area contributed by atoms with Gasteiger partial charge in [0.25, 0.3) is 0 Å². The normalized spacial score (nSPS) is 11.7. The van der Waals surface area contributed by atoms with E-state index < -0.39 is 6.10 Å². The van der Waals surface area contributed by atoms with E-state index in [1.54, 1.807) is 12.1 Å². The Balaban J connectivity index is 1.66. The molecule has 2 rings (SSSR count). The van der Waals surface area contributed by atoms with Gasteiger partial charge in [0.1, 0.15) is 5.75 Å². The summed E-state index contributed by atoms with van der Waals surface area (Å²) in [4.78, 5) is 0. The fourth-order valence-corrected chi connectivity index (χ4v) is 2.13. The van der Waals surface area contributed by atoms with Gasteiger partial charge in [0.05, 0.1) is 38.4 Å². The van der Waals surface area contributed by atoms with Crippen LogP contribution in [0.15, 0.2) is 54.6 Å². The molecule has 2 aromatic rings. The summed E-state index contributed by atoms with van der Waals surface area (Å²) in [6, 6.07) is 19.2. The molecule has 4 nitrogen and oxygen atoms in total. The lowest BCUT2D eigenvalue weighted by atomic mass is 10.1. The predicted molar refractivity (Wildman–Crippen MR) is 87.8 cm³/mol. The minimum Gasteiger partial charge on any atom is -0.493 e. The van der Waals surface area contributed by atoms with Gasteiger partial charge in [0, 0.05) is 6.42 Å². The zero-order chi connectivity index (χ0) is 16.3. The minimum absolute atomic E-state index is 0.0801. The first-order chi connectivity index (χ1) is 11.3. The average molecular weight is 311 g/mol. The number of nitrogens with zero attached hydrogens (tertiary/aromatic N) is 1. The minimum atomic E-state index is -0.766. The molecule has 0 aliphatic heterocycles. The Morgan fingerprint density at radius 3 is 2.65 bits per heavy atom. The summed E-state index contributed by atoms with van der Waals surface area (Å²) in [5.41, 5.74) is 1.86. The van der Waals surface area contributed by atoms with Gasteiger partial charge in [-0.3, -0.25) is 0 Å². The molecular weight excluding hydrogens is 290 g/mol. The molecule has 4 heteroatoms. The van der Waals surface area contributed by atoms with Gasteiger partial charge in [-0.15, -0.1) is 0 Å². The Bertz CT molecular complexity index is 622. The quantitative estimate of drug-likeness (QED) is 0.718. The van der Waals surface area contributed by atoms with Crippen LogP contribution in [0.3, 0.4) is 0 Å². The summed E-state index contributed by atoms with van der Waals surface area (Å²) in [6.07, 6.45) is 0.104. The fourth-order valence-electron chi connectivity index (χ4n) is 2.13. The first-order valence-electron chi connectivity index (χ1n) is 7.69. The van der Waals surface area contributed by atoms with Crippen LogP contribution in [0.1, 0.15) is 30.1 Å². The van der Waals surface area contributed by atoms with Gasteiger partial charge in [-0.2, -0.15) is 5.26 Å². The van der Waals surface area contributed by atoms with E-state index in [2.05, 4.69) is 0 Å². The largest absolute Gasteiger partial charge is 0.493 e. The van der Waals surface area contributed by atoms with Crippen molar-refractivity contribution in [3.8, 4) is 11.8 Å². The van der Waals surface area contributed by atoms with Crippen molar-refractivity contribution < 1.29 is 14.6 Å². The molecule has 0 aliphatic rings. The lowest BCUT2D eigenvalue weighted by Gasteiger charge is -2.10. The zero-order valence-corrected chi connectivity index (χ0v) is 13.0. The van der Waals surface area contributed by atoms with E-state index in [1.165, 1.54) is 0 Å². The van der Waals surface area contributed by atoms with Crippen LogP contribution in [-0.2, 0) is 11.3 Å². The Kier molecular flexibility index (Phi) is 7.12. The van der Waals surface area contributed by atoms with Gasteiger partial charge in [-0.25, -0.2) is 0 Å². The lowest BCUT2D eigenvalue weighted by molar-refractivity contribution is 0.107. The summed E-state index contributed by atoms with van der Waals surface area (Å²) < 4.78 is 11.2. The van der Waals surface area contributed by atoms with Gasteiger partial charge in [0.2, 0.25) is 0 Å². The molecule has 120 valence electrons. The summed E-state index contributed by atoms with van der Waals surface area (Å²) in [7, 11) is 0. The summed E-state index contributed by atoms with van der Waals surface area (Å²) in [5.74, 6) is 0.697. The smallest absolute Gasteiger partial charge is 0.119 e. The Hall–Kier alpha value is -2.35. The maximum atomic E-state index is 9.80. The van der Waals surface area contributed by atoms with E-state index in [4.69, 9.17) is 14.7 Å². The predicted octanol–water partition coefficient (Wildman–Crippen LogP) is 3.62. The molecule has 0 amide bonds. The molecule has 23 heavy (non-hydrogen) atoms. The van der Waals surface area contributed by atoms with Crippen molar-refractivity contribution in [1.82, 2.24) is 0 Å². The summed E-state index contributed by atoms with van der Waals surface area (Å²) in [5, 5.41) is 18.4. The highest BCUT2D eigenvalue weighted by Gasteiger charge is 2.07. The molecule has 0 bridgehead atoms. The summed E-state index contributed by atoms with van der Waals surface area (Å²) >= 11 is 0. The van der Waals surface area contributed by atoms with E-state index >= 15 is 0 Å². The number of rotatable bonds is 9. The second-order valence-electron chi connectivity index (χ2n) is 5.19. The van der Waals surface area contributed by atoms with Crippen molar-refractivity contribution in [2.24, 2.45) is 0 Å². The first kappa shape index (κ1) is 17.0. The van der Waals surface area contributed by atoms with Crippen LogP contribution in [0.5, 0.6) is 5.75 Å². The molecule has 1 N–H and O–H groups in total. The van der Waals surface area contributed by atoms with Gasteiger partial charge in [-0.1, -0.05) is 42.5 Å². The molecule has 0 saturated heterocycles. The van der Waals surface area contributed by atoms with Crippen molar-refractivity contribution in [2.45, 2.75) is 25.6 Å². The van der Waals surface area contributed by atoms with E-state index in [-0.39, 0.29) is 6.42 Å². The zero-order valence-electron chi connectivity index (χ0n) is 13.0. The maximum Gasteiger partial charge on any atom is 0.119 e. The van der Waals surface area contributed by atoms with Gasteiger partial charge in [-0.05, 0) is 23.3 Å². The second kappa shape index (κ2) is 9.62. The van der Waals surface area contributed by atoms with Crippen LogP contribution in [0.2, 0.25) is 0 Å². The van der Waals surface area contributed by atoms with Gasteiger partial charge in [0.15, 0.2) is 0 Å². The molecule has 0 radical (unpaired) electrons. The van der Waals surface area contributed by atoms with Crippen LogP contribution >= 0.6 is 0 Å². The molecule has 0 fully saturated rings. The van der Waals surface area contributed by atoms with E-state index in [1.807, 2.05) is 48.5 Å². The van der Waals surface area contributed by atoms with Crippen LogP contribution in [-0.4, -0.2) is 18.3 Å². The van der Waals surface area contributed by atoms with Gasteiger partial charge < -0.3 is 14.6 Å². The van der Waals surface area contributed by atoms with E-state index in [9.17, 15) is 5.11 Å². The monoisotopic (exact) mass is 311 g/mol. The molecule has 0 heterocycles. The Morgan fingerprint density at radius 2 is 1.87 bits per heavy atom. The molecule has 2 aromatic carbocycles. The van der Waals surface area contributed by atoms with Crippen molar-refractivity contribution in [1.29, 1.82) is 5.26 Å². The number of aliphatic hydroxyl groups is 1. The third-order valence-corrected chi connectivity index (χ3v) is 3.34. The second-order valence-corrected chi connectivity index (χ2v) is 5.19. The Labute approximate surface area is 136 Å². The lowest BCUT2D eigenvalue weighted by Crippen LogP contribution is -2.04. The molecule has 0 saturated carbocycles. The van der Waals surface area contributed by atoms with Crippen molar-refractivity contribution in [3.05, 3.63) is 65.7 Å². The highest BCUT2D eigenvalue weighted by atomic mass is 16.5. The topological polar surface area (TPSA) is 62.5 Å².